The number of aromatic amines is 1. The first-order chi connectivity index (χ1) is 9.22. The fraction of sp³-hybridized carbons (Fsp3) is 0.0714. The molecule has 0 fully saturated rings. The number of nitrogens with one attached hydrogen (secondary N) is 2. The summed E-state index contributed by atoms with van der Waals surface area (Å²) in [6.07, 6.45) is 1.82. The number of halogens is 2. The molecule has 0 spiro atoms. The fourth-order valence-electron chi connectivity index (χ4n) is 1.90. The quantitative estimate of drug-likeness (QED) is 0.691. The van der Waals surface area contributed by atoms with E-state index in [9.17, 15) is 0 Å². The Morgan fingerprint density at radius 3 is 2.79 bits per heavy atom. The third-order valence-electron chi connectivity index (χ3n) is 2.92. The molecule has 19 heavy (non-hydrogen) atoms. The van der Waals surface area contributed by atoms with Crippen LogP contribution in [0.4, 0.5) is 5.69 Å². The lowest BCUT2D eigenvalue weighted by Crippen LogP contribution is -1.99. The zero-order valence-corrected chi connectivity index (χ0v) is 13.1. The molecule has 0 radical (unpaired) electrons. The Hall–Kier alpha value is -1.33. The van der Waals surface area contributed by atoms with Crippen molar-refractivity contribution < 1.29 is 0 Å². The highest BCUT2D eigenvalue weighted by atomic mass is 79.9. The van der Waals surface area contributed by atoms with Gasteiger partial charge in [-0.25, -0.2) is 0 Å². The summed E-state index contributed by atoms with van der Waals surface area (Å²) in [4.78, 5) is 0. The molecule has 0 unspecified atom stereocenters. The minimum absolute atomic E-state index is 0.783. The van der Waals surface area contributed by atoms with Crippen molar-refractivity contribution in [3.63, 3.8) is 0 Å². The normalized spacial score (nSPS) is 10.8. The van der Waals surface area contributed by atoms with E-state index in [4.69, 9.17) is 0 Å². The first-order valence-corrected chi connectivity index (χ1v) is 7.42. The monoisotopic (exact) mass is 379 g/mol. The van der Waals surface area contributed by atoms with E-state index in [2.05, 4.69) is 77.7 Å². The highest BCUT2D eigenvalue weighted by molar-refractivity contribution is 9.13. The second-order valence-electron chi connectivity index (χ2n) is 4.27. The van der Waals surface area contributed by atoms with Crippen molar-refractivity contribution >= 4 is 48.5 Å². The molecule has 0 saturated heterocycles. The van der Waals surface area contributed by atoms with Crippen LogP contribution in [0.25, 0.3) is 10.9 Å². The number of anilines is 1. The van der Waals surface area contributed by atoms with Crippen molar-refractivity contribution in [3.05, 3.63) is 57.1 Å². The topological polar surface area (TPSA) is 40.7 Å². The molecule has 0 bridgehead atoms. The van der Waals surface area contributed by atoms with Crippen molar-refractivity contribution in [3.8, 4) is 0 Å². The van der Waals surface area contributed by atoms with E-state index in [-0.39, 0.29) is 0 Å². The smallest absolute Gasteiger partial charge is 0.0670 e. The number of H-pyrrole nitrogens is 1. The summed E-state index contributed by atoms with van der Waals surface area (Å²) in [5.41, 5.74) is 3.34. The standard InChI is InChI=1S/C14H11Br2N3/c15-12-4-1-9(5-13(12)16)7-17-11-3-2-10-8-18-19-14(10)6-11/h1-6,8,17H,7H2,(H,18,19). The summed E-state index contributed by atoms with van der Waals surface area (Å²) in [6.45, 7) is 0.783. The minimum atomic E-state index is 0.783. The molecule has 0 saturated carbocycles. The van der Waals surface area contributed by atoms with Crippen LogP contribution in [0.3, 0.4) is 0 Å². The van der Waals surface area contributed by atoms with E-state index in [0.717, 1.165) is 32.1 Å². The first kappa shape index (κ1) is 12.7. The molecule has 0 atom stereocenters. The van der Waals surface area contributed by atoms with Crippen molar-refractivity contribution in [2.75, 3.05) is 5.32 Å². The lowest BCUT2D eigenvalue weighted by atomic mass is 10.2. The number of hydrogen-bond donors (Lipinski definition) is 2. The second kappa shape index (κ2) is 5.35. The van der Waals surface area contributed by atoms with Crippen molar-refractivity contribution in [1.29, 1.82) is 0 Å². The van der Waals surface area contributed by atoms with E-state index in [1.54, 1.807) is 0 Å². The minimum Gasteiger partial charge on any atom is -0.381 e. The Morgan fingerprint density at radius 2 is 1.95 bits per heavy atom. The molecule has 1 heterocycles. The van der Waals surface area contributed by atoms with Crippen LogP contribution in [0.2, 0.25) is 0 Å². The Bertz CT molecular complexity index is 722. The van der Waals surface area contributed by atoms with Gasteiger partial charge in [-0.3, -0.25) is 5.10 Å². The van der Waals surface area contributed by atoms with Gasteiger partial charge in [0.2, 0.25) is 0 Å². The highest BCUT2D eigenvalue weighted by Gasteiger charge is 2.00. The van der Waals surface area contributed by atoms with Crippen LogP contribution in [0.5, 0.6) is 0 Å². The summed E-state index contributed by atoms with van der Waals surface area (Å²) in [5, 5.41) is 11.5. The summed E-state index contributed by atoms with van der Waals surface area (Å²) in [6, 6.07) is 12.4. The van der Waals surface area contributed by atoms with Gasteiger partial charge >= 0.3 is 0 Å². The number of aromatic nitrogens is 2. The van der Waals surface area contributed by atoms with Gasteiger partial charge in [0.05, 0.1) is 11.7 Å². The summed E-state index contributed by atoms with van der Waals surface area (Å²) in [5.74, 6) is 0. The summed E-state index contributed by atoms with van der Waals surface area (Å²) in [7, 11) is 0. The van der Waals surface area contributed by atoms with Gasteiger partial charge in [-0.2, -0.15) is 5.10 Å². The van der Waals surface area contributed by atoms with Gasteiger partial charge < -0.3 is 5.32 Å². The van der Waals surface area contributed by atoms with E-state index in [1.165, 1.54) is 5.56 Å². The van der Waals surface area contributed by atoms with Gasteiger partial charge in [0.15, 0.2) is 0 Å². The summed E-state index contributed by atoms with van der Waals surface area (Å²) >= 11 is 6.98. The predicted molar refractivity (Wildman–Crippen MR) is 85.3 cm³/mol. The molecule has 3 nitrogen and oxygen atoms in total. The van der Waals surface area contributed by atoms with Gasteiger partial charge in [0.1, 0.15) is 0 Å². The average Bonchev–Trinajstić information content (AvgIpc) is 2.87. The molecule has 0 amide bonds. The zero-order chi connectivity index (χ0) is 13.2. The Morgan fingerprint density at radius 1 is 1.05 bits per heavy atom. The lowest BCUT2D eigenvalue weighted by Gasteiger charge is -2.07. The largest absolute Gasteiger partial charge is 0.381 e. The maximum atomic E-state index is 4.02. The van der Waals surface area contributed by atoms with Crippen molar-refractivity contribution in [2.24, 2.45) is 0 Å². The van der Waals surface area contributed by atoms with Crippen LogP contribution in [0.1, 0.15) is 5.56 Å². The molecule has 0 aliphatic carbocycles. The van der Waals surface area contributed by atoms with E-state index < -0.39 is 0 Å². The number of fused-ring (bicyclic) bond motifs is 1. The molecule has 0 aliphatic heterocycles. The van der Waals surface area contributed by atoms with Crippen LogP contribution in [-0.2, 0) is 6.54 Å². The van der Waals surface area contributed by atoms with Gasteiger partial charge in [0, 0.05) is 26.6 Å². The van der Waals surface area contributed by atoms with Crippen LogP contribution < -0.4 is 5.32 Å². The number of benzene rings is 2. The molecule has 2 N–H and O–H groups in total. The molecule has 0 aliphatic rings. The summed E-state index contributed by atoms with van der Waals surface area (Å²) < 4.78 is 2.13. The third kappa shape index (κ3) is 2.82. The van der Waals surface area contributed by atoms with Crippen LogP contribution in [0, 0.1) is 0 Å². The van der Waals surface area contributed by atoms with Gasteiger partial charge in [-0.15, -0.1) is 0 Å². The van der Waals surface area contributed by atoms with Gasteiger partial charge in [-0.05, 0) is 67.8 Å². The first-order valence-electron chi connectivity index (χ1n) is 5.83. The maximum Gasteiger partial charge on any atom is 0.0670 e. The molecule has 96 valence electrons. The zero-order valence-electron chi connectivity index (χ0n) is 9.95. The number of hydrogen-bond acceptors (Lipinski definition) is 2. The SMILES string of the molecule is Brc1ccc(CNc2ccc3cn[nH]c3c2)cc1Br. The lowest BCUT2D eigenvalue weighted by molar-refractivity contribution is 1.12. The van der Waals surface area contributed by atoms with Crippen LogP contribution in [-0.4, -0.2) is 10.2 Å². The second-order valence-corrected chi connectivity index (χ2v) is 5.98. The van der Waals surface area contributed by atoms with E-state index in [1.807, 2.05) is 12.3 Å². The van der Waals surface area contributed by atoms with E-state index >= 15 is 0 Å². The van der Waals surface area contributed by atoms with Crippen molar-refractivity contribution in [1.82, 2.24) is 10.2 Å². The maximum absolute atomic E-state index is 4.02. The highest BCUT2D eigenvalue weighted by Crippen LogP contribution is 2.24. The van der Waals surface area contributed by atoms with E-state index in [0.29, 0.717) is 0 Å². The number of nitrogens with zero attached hydrogens (tertiary/aromatic N) is 1. The molecule has 3 rings (SSSR count). The predicted octanol–water partition coefficient (Wildman–Crippen LogP) is 4.70. The molecular formula is C14H11Br2N3. The van der Waals surface area contributed by atoms with Crippen LogP contribution >= 0.6 is 31.9 Å². The molecular weight excluding hydrogens is 370 g/mol. The Kier molecular flexibility index (Phi) is 3.57. The fourth-order valence-corrected chi connectivity index (χ4v) is 2.57. The van der Waals surface area contributed by atoms with Crippen molar-refractivity contribution in [2.45, 2.75) is 6.54 Å². The molecule has 5 heteroatoms. The number of rotatable bonds is 3. The molecule has 3 aromatic rings. The Balaban J connectivity index is 1.75. The Labute approximate surface area is 127 Å². The average molecular weight is 381 g/mol. The van der Waals surface area contributed by atoms with Gasteiger partial charge in [-0.1, -0.05) is 6.07 Å². The molecule has 2 aromatic carbocycles. The van der Waals surface area contributed by atoms with Crippen LogP contribution in [0.15, 0.2) is 51.5 Å². The third-order valence-corrected chi connectivity index (χ3v) is 4.80. The molecule has 1 aromatic heterocycles. The van der Waals surface area contributed by atoms with Gasteiger partial charge in [0.25, 0.3) is 0 Å².